The van der Waals surface area contributed by atoms with E-state index in [0.717, 1.165) is 25.1 Å². The van der Waals surface area contributed by atoms with Crippen LogP contribution in [0.1, 0.15) is 21.6 Å². The molecule has 5 heteroatoms. The summed E-state index contributed by atoms with van der Waals surface area (Å²) in [5.41, 5.74) is 8.14. The standard InChI is InChI=1S/C15H16FN3S/c16-13-6-10(5-12(7-13)15(17)18)8-19-3-1-14-11(9-19)2-4-20-14/h2,4-7H,1,3,8-9H2,(H3,17,18). The number of nitrogens with zero attached hydrogens (tertiary/aromatic N) is 1. The van der Waals surface area contributed by atoms with E-state index in [2.05, 4.69) is 16.3 Å². The average Bonchev–Trinajstić information content (AvgIpc) is 2.85. The summed E-state index contributed by atoms with van der Waals surface area (Å²) in [4.78, 5) is 3.76. The molecule has 0 bridgehead atoms. The summed E-state index contributed by atoms with van der Waals surface area (Å²) >= 11 is 1.81. The Bertz CT molecular complexity index is 650. The molecule has 104 valence electrons. The summed E-state index contributed by atoms with van der Waals surface area (Å²) in [7, 11) is 0. The van der Waals surface area contributed by atoms with Gasteiger partial charge < -0.3 is 5.73 Å². The number of hydrogen-bond acceptors (Lipinski definition) is 3. The summed E-state index contributed by atoms with van der Waals surface area (Å²) < 4.78 is 13.6. The van der Waals surface area contributed by atoms with Crippen molar-refractivity contribution < 1.29 is 4.39 Å². The van der Waals surface area contributed by atoms with Crippen molar-refractivity contribution in [1.29, 1.82) is 5.41 Å². The Hall–Kier alpha value is -1.72. The lowest BCUT2D eigenvalue weighted by Gasteiger charge is -2.27. The number of fused-ring (bicyclic) bond motifs is 1. The molecule has 0 amide bonds. The van der Waals surface area contributed by atoms with Gasteiger partial charge in [0, 0.05) is 30.1 Å². The van der Waals surface area contributed by atoms with Crippen LogP contribution in [-0.2, 0) is 19.5 Å². The number of thiophene rings is 1. The highest BCUT2D eigenvalue weighted by Gasteiger charge is 2.17. The van der Waals surface area contributed by atoms with Gasteiger partial charge in [0.1, 0.15) is 11.7 Å². The minimum Gasteiger partial charge on any atom is -0.384 e. The second-order valence-electron chi connectivity index (χ2n) is 5.09. The number of nitrogens with two attached hydrogens (primary N) is 1. The molecule has 0 unspecified atom stereocenters. The Morgan fingerprint density at radius 3 is 3.05 bits per heavy atom. The van der Waals surface area contributed by atoms with Gasteiger partial charge in [-0.3, -0.25) is 10.3 Å². The maximum atomic E-state index is 13.6. The molecule has 1 aromatic carbocycles. The average molecular weight is 289 g/mol. The second kappa shape index (κ2) is 5.34. The number of rotatable bonds is 3. The number of nitrogen functional groups attached to an aromatic ring is 1. The first-order valence-corrected chi connectivity index (χ1v) is 7.41. The van der Waals surface area contributed by atoms with Crippen LogP contribution >= 0.6 is 11.3 Å². The van der Waals surface area contributed by atoms with Gasteiger partial charge in [-0.05, 0) is 47.2 Å². The zero-order valence-electron chi connectivity index (χ0n) is 11.0. The predicted molar refractivity (Wildman–Crippen MR) is 79.6 cm³/mol. The van der Waals surface area contributed by atoms with Crippen molar-refractivity contribution in [3.8, 4) is 0 Å². The number of halogens is 1. The van der Waals surface area contributed by atoms with E-state index in [1.54, 1.807) is 6.07 Å². The van der Waals surface area contributed by atoms with Crippen LogP contribution in [0.15, 0.2) is 29.6 Å². The van der Waals surface area contributed by atoms with Crippen LogP contribution in [0, 0.1) is 11.2 Å². The van der Waals surface area contributed by atoms with E-state index in [9.17, 15) is 4.39 Å². The first-order valence-electron chi connectivity index (χ1n) is 6.53. The van der Waals surface area contributed by atoms with Gasteiger partial charge in [-0.1, -0.05) is 0 Å². The minimum absolute atomic E-state index is 0.0930. The first kappa shape index (κ1) is 13.3. The van der Waals surface area contributed by atoms with Gasteiger partial charge in [-0.2, -0.15) is 0 Å². The van der Waals surface area contributed by atoms with E-state index in [4.69, 9.17) is 11.1 Å². The lowest BCUT2D eigenvalue weighted by molar-refractivity contribution is 0.247. The monoisotopic (exact) mass is 289 g/mol. The fourth-order valence-corrected chi connectivity index (χ4v) is 3.49. The summed E-state index contributed by atoms with van der Waals surface area (Å²) in [5.74, 6) is -0.426. The van der Waals surface area contributed by atoms with Crippen molar-refractivity contribution >= 4 is 17.2 Å². The molecule has 1 aliphatic heterocycles. The molecular weight excluding hydrogens is 273 g/mol. The number of amidine groups is 1. The van der Waals surface area contributed by atoms with Gasteiger partial charge in [0.25, 0.3) is 0 Å². The molecule has 3 nitrogen and oxygen atoms in total. The highest BCUT2D eigenvalue weighted by atomic mass is 32.1. The zero-order chi connectivity index (χ0) is 14.1. The van der Waals surface area contributed by atoms with Crippen molar-refractivity contribution in [1.82, 2.24) is 4.90 Å². The van der Waals surface area contributed by atoms with E-state index < -0.39 is 0 Å². The van der Waals surface area contributed by atoms with Gasteiger partial charge in [-0.25, -0.2) is 4.39 Å². The molecule has 2 aromatic rings. The highest BCUT2D eigenvalue weighted by molar-refractivity contribution is 7.10. The molecule has 20 heavy (non-hydrogen) atoms. The Labute approximate surface area is 121 Å². The van der Waals surface area contributed by atoms with Crippen LogP contribution in [0.4, 0.5) is 4.39 Å². The van der Waals surface area contributed by atoms with Crippen LogP contribution < -0.4 is 5.73 Å². The lowest BCUT2D eigenvalue weighted by atomic mass is 10.1. The fourth-order valence-electron chi connectivity index (χ4n) is 2.60. The molecule has 1 aromatic heterocycles. The van der Waals surface area contributed by atoms with Gasteiger partial charge in [0.05, 0.1) is 0 Å². The van der Waals surface area contributed by atoms with E-state index in [-0.39, 0.29) is 11.7 Å². The van der Waals surface area contributed by atoms with Crippen LogP contribution in [0.3, 0.4) is 0 Å². The maximum Gasteiger partial charge on any atom is 0.124 e. The smallest absolute Gasteiger partial charge is 0.124 e. The van der Waals surface area contributed by atoms with E-state index in [1.807, 2.05) is 11.3 Å². The van der Waals surface area contributed by atoms with Crippen molar-refractivity contribution in [3.63, 3.8) is 0 Å². The molecule has 0 saturated carbocycles. The molecular formula is C15H16FN3S. The normalized spacial score (nSPS) is 15.1. The van der Waals surface area contributed by atoms with Crippen LogP contribution in [0.2, 0.25) is 0 Å². The molecule has 0 spiro atoms. The summed E-state index contributed by atoms with van der Waals surface area (Å²) in [6.45, 7) is 2.58. The topological polar surface area (TPSA) is 53.1 Å². The SMILES string of the molecule is N=C(N)c1cc(F)cc(CN2CCc3sccc3C2)c1. The summed E-state index contributed by atoms with van der Waals surface area (Å²) in [5, 5.41) is 9.55. The maximum absolute atomic E-state index is 13.6. The molecule has 0 aliphatic carbocycles. The Balaban J connectivity index is 1.77. The Morgan fingerprint density at radius 2 is 2.25 bits per heavy atom. The minimum atomic E-state index is -0.332. The second-order valence-corrected chi connectivity index (χ2v) is 6.09. The quantitative estimate of drug-likeness (QED) is 0.674. The third kappa shape index (κ3) is 2.73. The molecule has 2 heterocycles. The summed E-state index contributed by atoms with van der Waals surface area (Å²) in [6, 6.07) is 6.79. The van der Waals surface area contributed by atoms with Gasteiger partial charge in [-0.15, -0.1) is 11.3 Å². The largest absolute Gasteiger partial charge is 0.384 e. The van der Waals surface area contributed by atoms with Crippen molar-refractivity contribution in [2.24, 2.45) is 5.73 Å². The summed E-state index contributed by atoms with van der Waals surface area (Å²) in [6.07, 6.45) is 1.06. The Kier molecular flexibility index (Phi) is 3.54. The molecule has 0 radical (unpaired) electrons. The van der Waals surface area contributed by atoms with Crippen LogP contribution in [0.5, 0.6) is 0 Å². The third-order valence-electron chi connectivity index (χ3n) is 3.56. The number of nitrogens with one attached hydrogen (secondary N) is 1. The van der Waals surface area contributed by atoms with Crippen molar-refractivity contribution in [3.05, 3.63) is 57.0 Å². The van der Waals surface area contributed by atoms with Crippen LogP contribution in [0.25, 0.3) is 0 Å². The van der Waals surface area contributed by atoms with Crippen molar-refractivity contribution in [2.45, 2.75) is 19.5 Å². The molecule has 0 saturated heterocycles. The molecule has 3 rings (SSSR count). The Morgan fingerprint density at radius 1 is 1.40 bits per heavy atom. The highest BCUT2D eigenvalue weighted by Crippen LogP contribution is 2.25. The third-order valence-corrected chi connectivity index (χ3v) is 4.58. The fraction of sp³-hybridized carbons (Fsp3) is 0.267. The lowest BCUT2D eigenvalue weighted by Crippen LogP contribution is -2.29. The van der Waals surface area contributed by atoms with Crippen molar-refractivity contribution in [2.75, 3.05) is 6.54 Å². The zero-order valence-corrected chi connectivity index (χ0v) is 11.8. The van der Waals surface area contributed by atoms with E-state index in [0.29, 0.717) is 12.1 Å². The number of benzene rings is 1. The van der Waals surface area contributed by atoms with E-state index in [1.165, 1.54) is 22.6 Å². The van der Waals surface area contributed by atoms with Gasteiger partial charge in [0.2, 0.25) is 0 Å². The van der Waals surface area contributed by atoms with Gasteiger partial charge >= 0.3 is 0 Å². The van der Waals surface area contributed by atoms with E-state index >= 15 is 0 Å². The molecule has 3 N–H and O–H groups in total. The van der Waals surface area contributed by atoms with Gasteiger partial charge in [0.15, 0.2) is 0 Å². The predicted octanol–water partition coefficient (Wildman–Crippen LogP) is 2.73. The molecule has 0 fully saturated rings. The number of hydrogen-bond donors (Lipinski definition) is 2. The molecule has 1 aliphatic rings. The van der Waals surface area contributed by atoms with Crippen LogP contribution in [-0.4, -0.2) is 17.3 Å². The molecule has 0 atom stereocenters. The first-order chi connectivity index (χ1) is 9.61.